The summed E-state index contributed by atoms with van der Waals surface area (Å²) in [5, 5.41) is 0. The van der Waals surface area contributed by atoms with E-state index >= 15 is 0 Å². The number of hydrogen-bond acceptors (Lipinski definition) is 4. The second-order valence-corrected chi connectivity index (χ2v) is 4.25. The Bertz CT molecular complexity index is 351. The van der Waals surface area contributed by atoms with Gasteiger partial charge in [0.1, 0.15) is 5.92 Å². The summed E-state index contributed by atoms with van der Waals surface area (Å²) in [6, 6.07) is -0.499. The van der Waals surface area contributed by atoms with E-state index in [1.807, 2.05) is 0 Å². The van der Waals surface area contributed by atoms with Crippen molar-refractivity contribution in [3.8, 4) is 0 Å². The molecule has 1 heterocycles. The summed E-state index contributed by atoms with van der Waals surface area (Å²) in [6.07, 6.45) is 1.99. The maximum atomic E-state index is 12.0. The van der Waals surface area contributed by atoms with Gasteiger partial charge >= 0.3 is 6.03 Å². The molecule has 2 N–H and O–H groups in total. The number of hydrogen-bond donors (Lipinski definition) is 1. The number of barbiturate groups is 1. The zero-order valence-corrected chi connectivity index (χ0v) is 9.18. The summed E-state index contributed by atoms with van der Waals surface area (Å²) < 4.78 is 0. The number of carbonyl (C=O) groups excluding carboxylic acids is 3. The molecule has 0 aromatic carbocycles. The molecule has 0 radical (unpaired) electrons. The molecule has 2 aliphatic rings. The van der Waals surface area contributed by atoms with E-state index in [0.29, 0.717) is 6.42 Å². The van der Waals surface area contributed by atoms with E-state index in [2.05, 4.69) is 0 Å². The number of rotatable bonds is 3. The minimum absolute atomic E-state index is 0.00387. The smallest absolute Gasteiger partial charge is 0.330 e. The van der Waals surface area contributed by atoms with Gasteiger partial charge in [-0.05, 0) is 25.8 Å². The molecule has 1 aliphatic heterocycles. The molecule has 4 amide bonds. The van der Waals surface area contributed by atoms with E-state index in [-0.39, 0.29) is 18.5 Å². The molecule has 2 fully saturated rings. The molecular weight excluding hydrogens is 210 g/mol. The molecule has 0 aromatic rings. The van der Waals surface area contributed by atoms with Crippen molar-refractivity contribution in [2.75, 3.05) is 13.6 Å². The third kappa shape index (κ3) is 1.59. The lowest BCUT2D eigenvalue weighted by Gasteiger charge is -2.35. The quantitative estimate of drug-likeness (QED) is 0.658. The van der Waals surface area contributed by atoms with Crippen LogP contribution >= 0.6 is 0 Å². The standard InChI is InChI=1S/C10H15N3O3/c1-12-8(14)7(4-5-11)9(15)13(10(12)16)6-2-3-6/h6-7H,2-5,11H2,1H3. The van der Waals surface area contributed by atoms with Crippen LogP contribution in [0.15, 0.2) is 0 Å². The summed E-state index contributed by atoms with van der Waals surface area (Å²) in [5.41, 5.74) is 5.37. The van der Waals surface area contributed by atoms with Crippen molar-refractivity contribution in [1.82, 2.24) is 9.80 Å². The first-order valence-electron chi connectivity index (χ1n) is 5.42. The summed E-state index contributed by atoms with van der Waals surface area (Å²) in [7, 11) is 1.41. The van der Waals surface area contributed by atoms with Crippen molar-refractivity contribution in [2.24, 2.45) is 11.7 Å². The third-order valence-corrected chi connectivity index (χ3v) is 3.02. The maximum Gasteiger partial charge on any atom is 0.333 e. The Morgan fingerprint density at radius 3 is 2.38 bits per heavy atom. The van der Waals surface area contributed by atoms with Gasteiger partial charge in [0.05, 0.1) is 0 Å². The van der Waals surface area contributed by atoms with Crippen LogP contribution in [0.5, 0.6) is 0 Å². The van der Waals surface area contributed by atoms with Gasteiger partial charge in [0, 0.05) is 13.1 Å². The predicted molar refractivity (Wildman–Crippen MR) is 55.2 cm³/mol. The Labute approximate surface area is 93.4 Å². The first-order valence-corrected chi connectivity index (χ1v) is 5.42. The van der Waals surface area contributed by atoms with E-state index in [9.17, 15) is 14.4 Å². The summed E-state index contributed by atoms with van der Waals surface area (Å²) in [6.45, 7) is 0.267. The molecule has 0 bridgehead atoms. The predicted octanol–water partition coefficient (Wildman–Crippen LogP) is -0.466. The van der Waals surface area contributed by atoms with Crippen LogP contribution in [-0.2, 0) is 9.59 Å². The van der Waals surface area contributed by atoms with Gasteiger partial charge in [-0.3, -0.25) is 19.4 Å². The average Bonchev–Trinajstić information content (AvgIpc) is 3.06. The zero-order valence-electron chi connectivity index (χ0n) is 9.18. The lowest BCUT2D eigenvalue weighted by atomic mass is 10.00. The maximum absolute atomic E-state index is 12.0. The summed E-state index contributed by atoms with van der Waals surface area (Å²) in [5.74, 6) is -1.58. The molecule has 88 valence electrons. The van der Waals surface area contributed by atoms with E-state index in [0.717, 1.165) is 17.7 Å². The number of urea groups is 1. The molecule has 1 saturated heterocycles. The van der Waals surface area contributed by atoms with Crippen LogP contribution in [0.4, 0.5) is 4.79 Å². The minimum Gasteiger partial charge on any atom is -0.330 e. The summed E-state index contributed by atoms with van der Waals surface area (Å²) in [4.78, 5) is 37.7. The molecule has 2 rings (SSSR count). The highest BCUT2D eigenvalue weighted by Crippen LogP contribution is 2.32. The Morgan fingerprint density at radius 2 is 1.88 bits per heavy atom. The van der Waals surface area contributed by atoms with Crippen LogP contribution in [0.2, 0.25) is 0 Å². The second-order valence-electron chi connectivity index (χ2n) is 4.25. The fourth-order valence-electron chi connectivity index (χ4n) is 1.94. The molecule has 16 heavy (non-hydrogen) atoms. The van der Waals surface area contributed by atoms with Crippen LogP contribution in [0.1, 0.15) is 19.3 Å². The van der Waals surface area contributed by atoms with E-state index < -0.39 is 17.9 Å². The lowest BCUT2D eigenvalue weighted by molar-refractivity contribution is -0.149. The van der Waals surface area contributed by atoms with Gasteiger partial charge < -0.3 is 5.73 Å². The van der Waals surface area contributed by atoms with E-state index in [1.165, 1.54) is 11.9 Å². The lowest BCUT2D eigenvalue weighted by Crippen LogP contribution is -2.59. The highest BCUT2D eigenvalue weighted by Gasteiger charge is 2.48. The molecule has 0 aromatic heterocycles. The van der Waals surface area contributed by atoms with Crippen molar-refractivity contribution in [3.05, 3.63) is 0 Å². The van der Waals surface area contributed by atoms with Gasteiger partial charge in [-0.2, -0.15) is 0 Å². The number of imide groups is 2. The highest BCUT2D eigenvalue weighted by molar-refractivity contribution is 6.16. The second kappa shape index (κ2) is 3.86. The molecule has 0 spiro atoms. The van der Waals surface area contributed by atoms with Crippen molar-refractivity contribution < 1.29 is 14.4 Å². The zero-order chi connectivity index (χ0) is 11.9. The number of nitrogens with two attached hydrogens (primary N) is 1. The molecule has 6 heteroatoms. The summed E-state index contributed by atoms with van der Waals surface area (Å²) >= 11 is 0. The van der Waals surface area contributed by atoms with Gasteiger partial charge in [0.2, 0.25) is 11.8 Å². The molecule has 6 nitrogen and oxygen atoms in total. The monoisotopic (exact) mass is 225 g/mol. The molecule has 1 aliphatic carbocycles. The van der Waals surface area contributed by atoms with Gasteiger partial charge in [-0.1, -0.05) is 0 Å². The average molecular weight is 225 g/mol. The number of nitrogens with zero attached hydrogens (tertiary/aromatic N) is 2. The fraction of sp³-hybridized carbons (Fsp3) is 0.700. The van der Waals surface area contributed by atoms with Crippen LogP contribution in [-0.4, -0.2) is 47.3 Å². The molecule has 1 atom stereocenters. The largest absolute Gasteiger partial charge is 0.333 e. The fourth-order valence-corrected chi connectivity index (χ4v) is 1.94. The van der Waals surface area contributed by atoms with Crippen LogP contribution in [0, 0.1) is 5.92 Å². The van der Waals surface area contributed by atoms with E-state index in [4.69, 9.17) is 5.73 Å². The Kier molecular flexibility index (Phi) is 2.67. The normalized spacial score (nSPS) is 26.6. The van der Waals surface area contributed by atoms with Crippen LogP contribution < -0.4 is 5.73 Å². The third-order valence-electron chi connectivity index (χ3n) is 3.02. The van der Waals surface area contributed by atoms with E-state index in [1.54, 1.807) is 0 Å². The topological polar surface area (TPSA) is 83.7 Å². The van der Waals surface area contributed by atoms with Crippen LogP contribution in [0.25, 0.3) is 0 Å². The number of carbonyl (C=O) groups is 3. The Balaban J connectivity index is 2.24. The van der Waals surface area contributed by atoms with Gasteiger partial charge in [0.15, 0.2) is 0 Å². The molecular formula is C10H15N3O3. The minimum atomic E-state index is -0.770. The SMILES string of the molecule is CN1C(=O)C(CCN)C(=O)N(C2CC2)C1=O. The first kappa shape index (κ1) is 11.1. The Hall–Kier alpha value is -1.43. The van der Waals surface area contributed by atoms with Gasteiger partial charge in [0.25, 0.3) is 0 Å². The highest BCUT2D eigenvalue weighted by atomic mass is 16.2. The van der Waals surface area contributed by atoms with Crippen molar-refractivity contribution in [3.63, 3.8) is 0 Å². The van der Waals surface area contributed by atoms with Crippen molar-refractivity contribution in [1.29, 1.82) is 0 Å². The van der Waals surface area contributed by atoms with Crippen molar-refractivity contribution in [2.45, 2.75) is 25.3 Å². The molecule has 1 saturated carbocycles. The Morgan fingerprint density at radius 1 is 1.25 bits per heavy atom. The van der Waals surface area contributed by atoms with Gasteiger partial charge in [-0.15, -0.1) is 0 Å². The van der Waals surface area contributed by atoms with Crippen LogP contribution in [0.3, 0.4) is 0 Å². The first-order chi connectivity index (χ1) is 7.57. The van der Waals surface area contributed by atoms with Gasteiger partial charge in [-0.25, -0.2) is 4.79 Å². The number of amides is 4. The molecule has 1 unspecified atom stereocenters. The van der Waals surface area contributed by atoms with Crippen molar-refractivity contribution >= 4 is 17.8 Å².